The second kappa shape index (κ2) is 5.76. The molecule has 0 saturated carbocycles. The smallest absolute Gasteiger partial charge is 0.190 e. The van der Waals surface area contributed by atoms with Crippen LogP contribution in [0.4, 0.5) is 0 Å². The zero-order chi connectivity index (χ0) is 14.8. The molecular formula is C17H16N2OS. The van der Waals surface area contributed by atoms with E-state index in [-0.39, 0.29) is 5.78 Å². The number of aryl methyl sites for hydroxylation is 1. The summed E-state index contributed by atoms with van der Waals surface area (Å²) in [6.45, 7) is 1.99. The summed E-state index contributed by atoms with van der Waals surface area (Å²) in [6, 6.07) is 11.3. The molecule has 0 aliphatic rings. The van der Waals surface area contributed by atoms with Crippen LogP contribution in [0.5, 0.6) is 0 Å². The van der Waals surface area contributed by atoms with Crippen molar-refractivity contribution in [2.45, 2.75) is 19.4 Å². The lowest BCUT2D eigenvalue weighted by atomic mass is 10.0. The number of benzene rings is 1. The molecule has 2 heterocycles. The lowest BCUT2D eigenvalue weighted by Gasteiger charge is -2.10. The van der Waals surface area contributed by atoms with E-state index in [0.717, 1.165) is 26.1 Å². The number of nitrogens with two attached hydrogens (primary N) is 1. The average Bonchev–Trinajstić information content (AvgIpc) is 2.85. The predicted molar refractivity (Wildman–Crippen MR) is 86.8 cm³/mol. The van der Waals surface area contributed by atoms with E-state index in [1.54, 1.807) is 12.4 Å². The number of thiophene rings is 1. The van der Waals surface area contributed by atoms with Gasteiger partial charge in [-0.25, -0.2) is 0 Å². The van der Waals surface area contributed by atoms with Gasteiger partial charge in [-0.1, -0.05) is 18.2 Å². The number of ketones is 1. The number of hydrogen-bond acceptors (Lipinski definition) is 4. The Bertz CT molecular complexity index is 780. The molecule has 3 nitrogen and oxygen atoms in total. The number of hydrogen-bond donors (Lipinski definition) is 1. The minimum atomic E-state index is -0.515. The highest BCUT2D eigenvalue weighted by molar-refractivity contribution is 7.21. The second-order valence-electron chi connectivity index (χ2n) is 5.08. The number of nitrogens with zero attached hydrogens (tertiary/aromatic N) is 1. The zero-order valence-electron chi connectivity index (χ0n) is 11.7. The summed E-state index contributed by atoms with van der Waals surface area (Å²) in [6.07, 6.45) is 3.98. The summed E-state index contributed by atoms with van der Waals surface area (Å²) in [5.41, 5.74) is 8.17. The maximum atomic E-state index is 12.6. The first-order chi connectivity index (χ1) is 10.2. The molecule has 2 aromatic heterocycles. The van der Waals surface area contributed by atoms with Gasteiger partial charge in [-0.3, -0.25) is 9.78 Å². The van der Waals surface area contributed by atoms with Crippen molar-refractivity contribution >= 4 is 27.2 Å². The van der Waals surface area contributed by atoms with Gasteiger partial charge < -0.3 is 5.73 Å². The third-order valence-corrected chi connectivity index (χ3v) is 4.90. The van der Waals surface area contributed by atoms with Gasteiger partial charge in [0.2, 0.25) is 0 Å². The molecule has 0 spiro atoms. The Kier molecular flexibility index (Phi) is 3.82. The van der Waals surface area contributed by atoms with E-state index in [9.17, 15) is 4.79 Å². The Morgan fingerprint density at radius 3 is 2.67 bits per heavy atom. The molecule has 0 aliphatic heterocycles. The first-order valence-electron chi connectivity index (χ1n) is 6.83. The number of aromatic nitrogens is 1. The molecular weight excluding hydrogens is 280 g/mol. The molecule has 0 bridgehead atoms. The number of rotatable bonds is 4. The minimum absolute atomic E-state index is 0.0190. The fraction of sp³-hybridized carbons (Fsp3) is 0.176. The van der Waals surface area contributed by atoms with Crippen LogP contribution in [0.2, 0.25) is 0 Å². The van der Waals surface area contributed by atoms with Crippen LogP contribution >= 0.6 is 11.3 Å². The maximum absolute atomic E-state index is 12.6. The molecule has 0 fully saturated rings. The fourth-order valence-corrected chi connectivity index (χ4v) is 3.66. The highest BCUT2D eigenvalue weighted by Gasteiger charge is 2.21. The predicted octanol–water partition coefficient (Wildman–Crippen LogP) is 3.36. The maximum Gasteiger partial charge on any atom is 0.190 e. The van der Waals surface area contributed by atoms with Crippen LogP contribution in [0.1, 0.15) is 20.8 Å². The van der Waals surface area contributed by atoms with E-state index in [2.05, 4.69) is 4.98 Å². The van der Waals surface area contributed by atoms with Gasteiger partial charge in [0.15, 0.2) is 5.78 Å². The minimum Gasteiger partial charge on any atom is -0.321 e. The van der Waals surface area contributed by atoms with Crippen molar-refractivity contribution < 1.29 is 4.79 Å². The first kappa shape index (κ1) is 13.9. The summed E-state index contributed by atoms with van der Waals surface area (Å²) < 4.78 is 1.13. The van der Waals surface area contributed by atoms with Crippen molar-refractivity contribution in [3.05, 3.63) is 64.8 Å². The van der Waals surface area contributed by atoms with Gasteiger partial charge >= 0.3 is 0 Å². The van der Waals surface area contributed by atoms with Crippen LogP contribution in [-0.4, -0.2) is 16.8 Å². The monoisotopic (exact) mass is 296 g/mol. The van der Waals surface area contributed by atoms with Crippen LogP contribution in [0.15, 0.2) is 48.8 Å². The summed E-state index contributed by atoms with van der Waals surface area (Å²) >= 11 is 1.53. The second-order valence-corrected chi connectivity index (χ2v) is 6.13. The summed E-state index contributed by atoms with van der Waals surface area (Å²) in [4.78, 5) is 17.4. The summed E-state index contributed by atoms with van der Waals surface area (Å²) in [7, 11) is 0. The first-order valence-corrected chi connectivity index (χ1v) is 7.65. The van der Waals surface area contributed by atoms with Crippen LogP contribution in [0.25, 0.3) is 10.1 Å². The molecule has 2 N–H and O–H groups in total. The van der Waals surface area contributed by atoms with Crippen molar-refractivity contribution in [3.8, 4) is 0 Å². The van der Waals surface area contributed by atoms with E-state index < -0.39 is 6.04 Å². The van der Waals surface area contributed by atoms with Gasteiger partial charge in [-0.05, 0) is 48.1 Å². The van der Waals surface area contributed by atoms with E-state index >= 15 is 0 Å². The Morgan fingerprint density at radius 2 is 1.95 bits per heavy atom. The van der Waals surface area contributed by atoms with Crippen molar-refractivity contribution in [2.24, 2.45) is 5.73 Å². The normalized spacial score (nSPS) is 12.5. The number of fused-ring (bicyclic) bond motifs is 1. The molecule has 3 aromatic rings. The number of pyridine rings is 1. The number of Topliss-reactive ketones (excluding diaryl/α,β-unsaturated/α-hetero) is 1. The third-order valence-electron chi connectivity index (χ3n) is 3.61. The quantitative estimate of drug-likeness (QED) is 0.751. The van der Waals surface area contributed by atoms with Crippen LogP contribution in [-0.2, 0) is 6.42 Å². The van der Waals surface area contributed by atoms with E-state index in [1.807, 2.05) is 43.3 Å². The number of carbonyl (C=O) groups is 1. The van der Waals surface area contributed by atoms with Crippen LogP contribution in [0, 0.1) is 6.92 Å². The lowest BCUT2D eigenvalue weighted by Crippen LogP contribution is -2.32. The molecule has 106 valence electrons. The molecule has 1 aromatic carbocycles. The summed E-state index contributed by atoms with van der Waals surface area (Å²) in [5.74, 6) is 0.0190. The fourth-order valence-electron chi connectivity index (χ4n) is 2.44. The van der Waals surface area contributed by atoms with E-state index in [1.165, 1.54) is 11.3 Å². The zero-order valence-corrected chi connectivity index (χ0v) is 12.6. The van der Waals surface area contributed by atoms with E-state index in [4.69, 9.17) is 5.73 Å². The van der Waals surface area contributed by atoms with E-state index in [0.29, 0.717) is 6.42 Å². The average molecular weight is 296 g/mol. The molecule has 0 saturated heterocycles. The molecule has 4 heteroatoms. The Morgan fingerprint density at radius 1 is 1.24 bits per heavy atom. The van der Waals surface area contributed by atoms with Crippen molar-refractivity contribution in [1.29, 1.82) is 0 Å². The Balaban J connectivity index is 1.88. The van der Waals surface area contributed by atoms with Gasteiger partial charge in [-0.2, -0.15) is 0 Å². The highest BCUT2D eigenvalue weighted by Crippen LogP contribution is 2.31. The lowest BCUT2D eigenvalue weighted by molar-refractivity contribution is 0.0964. The van der Waals surface area contributed by atoms with Gasteiger partial charge in [0.1, 0.15) is 0 Å². The van der Waals surface area contributed by atoms with Gasteiger partial charge in [0.05, 0.1) is 10.9 Å². The highest BCUT2D eigenvalue weighted by atomic mass is 32.1. The van der Waals surface area contributed by atoms with Crippen molar-refractivity contribution in [1.82, 2.24) is 4.98 Å². The molecule has 3 rings (SSSR count). The number of carbonyl (C=O) groups excluding carboxylic acids is 1. The molecule has 1 unspecified atom stereocenters. The van der Waals surface area contributed by atoms with Crippen LogP contribution < -0.4 is 5.73 Å². The topological polar surface area (TPSA) is 56.0 Å². The SMILES string of the molecule is Cc1c(C(=O)C(N)Cc2ccncc2)sc2ccccc12. The van der Waals surface area contributed by atoms with Crippen molar-refractivity contribution in [3.63, 3.8) is 0 Å². The van der Waals surface area contributed by atoms with Crippen molar-refractivity contribution in [2.75, 3.05) is 0 Å². The Labute approximate surface area is 127 Å². The molecule has 0 radical (unpaired) electrons. The molecule has 1 atom stereocenters. The largest absolute Gasteiger partial charge is 0.321 e. The molecule has 21 heavy (non-hydrogen) atoms. The van der Waals surface area contributed by atoms with Gasteiger partial charge in [0.25, 0.3) is 0 Å². The molecule has 0 aliphatic carbocycles. The molecule has 0 amide bonds. The van der Waals surface area contributed by atoms with Crippen LogP contribution in [0.3, 0.4) is 0 Å². The summed E-state index contributed by atoms with van der Waals surface area (Å²) in [5, 5.41) is 1.14. The van der Waals surface area contributed by atoms with Gasteiger partial charge in [-0.15, -0.1) is 11.3 Å². The van der Waals surface area contributed by atoms with Gasteiger partial charge in [0, 0.05) is 17.1 Å². The standard InChI is InChI=1S/C17H16N2OS/c1-11-13-4-2-3-5-15(13)21-17(11)16(20)14(18)10-12-6-8-19-9-7-12/h2-9,14H,10,18H2,1H3. The Hall–Kier alpha value is -2.04. The third kappa shape index (κ3) is 2.73.